The van der Waals surface area contributed by atoms with E-state index in [0.29, 0.717) is 39.3 Å². The second kappa shape index (κ2) is 8.06. The fourth-order valence-corrected chi connectivity index (χ4v) is 5.49. The third-order valence-corrected chi connectivity index (χ3v) is 7.67. The Kier molecular flexibility index (Phi) is 5.99. The summed E-state index contributed by atoms with van der Waals surface area (Å²) in [4.78, 5) is 14.6. The molecule has 26 heavy (non-hydrogen) atoms. The summed E-state index contributed by atoms with van der Waals surface area (Å²) in [6.45, 7) is 6.21. The number of hydrogen-bond acceptors (Lipinski definition) is 3. The summed E-state index contributed by atoms with van der Waals surface area (Å²) in [6, 6.07) is 6.05. The number of nitrogens with zero attached hydrogens (tertiary/aromatic N) is 3. The Hall–Kier alpha value is -1.44. The highest BCUT2D eigenvalue weighted by Crippen LogP contribution is 2.23. The zero-order valence-electron chi connectivity index (χ0n) is 15.8. The monoisotopic (exact) mass is 379 g/mol. The van der Waals surface area contributed by atoms with E-state index in [0.717, 1.165) is 18.4 Å². The fraction of sp³-hybridized carbons (Fsp3) is 0.632. The standard InChI is InChI=1S/C19H29N3O3S/c1-3-21(4-2)26(24,25)22-13-11-20(12-14-22)19(23)18-10-9-16-7-5-6-8-17(16)15-18/h9-10,15H,3-8,11-14H2,1-2H3. The molecular formula is C19H29N3O3S. The molecule has 1 fully saturated rings. The number of piperazine rings is 1. The first-order valence-corrected chi connectivity index (χ1v) is 11.0. The van der Waals surface area contributed by atoms with E-state index in [-0.39, 0.29) is 5.91 Å². The molecule has 0 unspecified atom stereocenters. The van der Waals surface area contributed by atoms with Crippen LogP contribution in [0.15, 0.2) is 18.2 Å². The van der Waals surface area contributed by atoms with Gasteiger partial charge in [-0.2, -0.15) is 17.0 Å². The molecule has 0 saturated carbocycles. The van der Waals surface area contributed by atoms with Crippen molar-refractivity contribution in [3.8, 4) is 0 Å². The van der Waals surface area contributed by atoms with E-state index in [4.69, 9.17) is 0 Å². The number of aryl methyl sites for hydroxylation is 2. The fourth-order valence-electron chi connectivity index (χ4n) is 3.88. The number of hydrogen-bond donors (Lipinski definition) is 0. The molecule has 6 nitrogen and oxygen atoms in total. The average Bonchev–Trinajstić information content (AvgIpc) is 2.68. The molecule has 1 aromatic rings. The van der Waals surface area contributed by atoms with Gasteiger partial charge in [-0.15, -0.1) is 0 Å². The van der Waals surface area contributed by atoms with Crippen LogP contribution in [-0.4, -0.2) is 67.1 Å². The van der Waals surface area contributed by atoms with Crippen LogP contribution in [-0.2, 0) is 23.1 Å². The first-order valence-electron chi connectivity index (χ1n) is 9.63. The van der Waals surface area contributed by atoms with Crippen LogP contribution in [0.4, 0.5) is 0 Å². The van der Waals surface area contributed by atoms with Gasteiger partial charge in [-0.3, -0.25) is 4.79 Å². The average molecular weight is 380 g/mol. The Morgan fingerprint density at radius 1 is 1.00 bits per heavy atom. The lowest BCUT2D eigenvalue weighted by atomic mass is 9.90. The van der Waals surface area contributed by atoms with E-state index in [1.807, 2.05) is 26.0 Å². The van der Waals surface area contributed by atoms with Crippen LogP contribution in [0.5, 0.6) is 0 Å². The molecule has 3 rings (SSSR count). The molecule has 144 valence electrons. The first-order chi connectivity index (χ1) is 12.5. The molecule has 7 heteroatoms. The van der Waals surface area contributed by atoms with Crippen molar-refractivity contribution in [1.29, 1.82) is 0 Å². The van der Waals surface area contributed by atoms with Gasteiger partial charge in [-0.1, -0.05) is 19.9 Å². The summed E-state index contributed by atoms with van der Waals surface area (Å²) in [5.74, 6) is 0.0123. The number of carbonyl (C=O) groups excluding carboxylic acids is 1. The summed E-state index contributed by atoms with van der Waals surface area (Å²) in [7, 11) is -3.42. The highest BCUT2D eigenvalue weighted by Gasteiger charge is 2.32. The molecule has 0 spiro atoms. The molecule has 2 aliphatic rings. The van der Waals surface area contributed by atoms with Crippen molar-refractivity contribution in [2.24, 2.45) is 0 Å². The van der Waals surface area contributed by atoms with Crippen molar-refractivity contribution in [1.82, 2.24) is 13.5 Å². The molecule has 1 aromatic carbocycles. The Labute approximate surface area is 157 Å². The van der Waals surface area contributed by atoms with Gasteiger partial charge in [0.25, 0.3) is 16.1 Å². The van der Waals surface area contributed by atoms with Crippen LogP contribution in [0.1, 0.15) is 48.2 Å². The Balaban J connectivity index is 1.65. The second-order valence-corrected chi connectivity index (χ2v) is 8.90. The largest absolute Gasteiger partial charge is 0.336 e. The maximum Gasteiger partial charge on any atom is 0.282 e. The van der Waals surface area contributed by atoms with Gasteiger partial charge in [0.05, 0.1) is 0 Å². The van der Waals surface area contributed by atoms with Crippen LogP contribution < -0.4 is 0 Å². The SMILES string of the molecule is CCN(CC)S(=O)(=O)N1CCN(C(=O)c2ccc3c(c2)CCCC3)CC1. The molecule has 1 saturated heterocycles. The Morgan fingerprint density at radius 2 is 1.62 bits per heavy atom. The highest BCUT2D eigenvalue weighted by atomic mass is 32.2. The molecule has 1 aliphatic heterocycles. The van der Waals surface area contributed by atoms with Crippen molar-refractivity contribution in [2.45, 2.75) is 39.5 Å². The lowest BCUT2D eigenvalue weighted by Crippen LogP contribution is -2.54. The van der Waals surface area contributed by atoms with Gasteiger partial charge >= 0.3 is 0 Å². The number of benzene rings is 1. The minimum absolute atomic E-state index is 0.0123. The molecule has 0 bridgehead atoms. The zero-order valence-corrected chi connectivity index (χ0v) is 16.6. The molecule has 0 aromatic heterocycles. The van der Waals surface area contributed by atoms with E-state index in [1.165, 1.54) is 32.6 Å². The Bertz CT molecular complexity index is 751. The predicted octanol–water partition coefficient (Wildman–Crippen LogP) is 1.91. The molecule has 1 heterocycles. The van der Waals surface area contributed by atoms with Crippen molar-refractivity contribution >= 4 is 16.1 Å². The number of fused-ring (bicyclic) bond motifs is 1. The van der Waals surface area contributed by atoms with Gasteiger partial charge < -0.3 is 4.90 Å². The third kappa shape index (κ3) is 3.80. The van der Waals surface area contributed by atoms with Gasteiger partial charge in [-0.25, -0.2) is 0 Å². The minimum Gasteiger partial charge on any atom is -0.336 e. The van der Waals surface area contributed by atoms with Gasteiger partial charge in [0.1, 0.15) is 0 Å². The molecule has 1 aliphatic carbocycles. The van der Waals surface area contributed by atoms with E-state index >= 15 is 0 Å². The topological polar surface area (TPSA) is 60.9 Å². The second-order valence-electron chi connectivity index (χ2n) is 6.97. The molecule has 1 amide bonds. The van der Waals surface area contributed by atoms with Crippen molar-refractivity contribution in [2.75, 3.05) is 39.3 Å². The van der Waals surface area contributed by atoms with Gasteiger partial charge in [0, 0.05) is 44.8 Å². The predicted molar refractivity (Wildman–Crippen MR) is 102 cm³/mol. The van der Waals surface area contributed by atoms with Crippen LogP contribution in [0.3, 0.4) is 0 Å². The summed E-state index contributed by atoms with van der Waals surface area (Å²) in [5.41, 5.74) is 3.39. The number of amides is 1. The Morgan fingerprint density at radius 3 is 2.23 bits per heavy atom. The quantitative estimate of drug-likeness (QED) is 0.785. The molecule has 0 radical (unpaired) electrons. The van der Waals surface area contributed by atoms with E-state index in [2.05, 4.69) is 6.07 Å². The summed E-state index contributed by atoms with van der Waals surface area (Å²) in [5, 5.41) is 0. The maximum absolute atomic E-state index is 12.8. The van der Waals surface area contributed by atoms with Crippen LogP contribution >= 0.6 is 0 Å². The normalized spacial score (nSPS) is 18.8. The van der Waals surface area contributed by atoms with Crippen molar-refractivity contribution in [3.05, 3.63) is 34.9 Å². The summed E-state index contributed by atoms with van der Waals surface area (Å²) in [6.07, 6.45) is 4.56. The number of carbonyl (C=O) groups is 1. The van der Waals surface area contributed by atoms with Crippen molar-refractivity contribution in [3.63, 3.8) is 0 Å². The smallest absolute Gasteiger partial charge is 0.282 e. The summed E-state index contributed by atoms with van der Waals surface area (Å²) >= 11 is 0. The molecular weight excluding hydrogens is 350 g/mol. The molecule has 0 atom stereocenters. The summed E-state index contributed by atoms with van der Waals surface area (Å²) < 4.78 is 28.2. The van der Waals surface area contributed by atoms with Crippen LogP contribution in [0.2, 0.25) is 0 Å². The van der Waals surface area contributed by atoms with E-state index < -0.39 is 10.2 Å². The van der Waals surface area contributed by atoms with Crippen LogP contribution in [0.25, 0.3) is 0 Å². The van der Waals surface area contributed by atoms with Gasteiger partial charge in [0.2, 0.25) is 0 Å². The lowest BCUT2D eigenvalue weighted by Gasteiger charge is -2.36. The minimum atomic E-state index is -3.42. The van der Waals surface area contributed by atoms with Crippen molar-refractivity contribution < 1.29 is 13.2 Å². The zero-order chi connectivity index (χ0) is 18.7. The van der Waals surface area contributed by atoms with E-state index in [9.17, 15) is 13.2 Å². The van der Waals surface area contributed by atoms with Crippen LogP contribution in [0, 0.1) is 0 Å². The maximum atomic E-state index is 12.8. The molecule has 0 N–H and O–H groups in total. The van der Waals surface area contributed by atoms with Gasteiger partial charge in [-0.05, 0) is 48.9 Å². The van der Waals surface area contributed by atoms with E-state index in [1.54, 1.807) is 4.90 Å². The number of rotatable bonds is 5. The van der Waals surface area contributed by atoms with Gasteiger partial charge in [0.15, 0.2) is 0 Å². The first kappa shape index (κ1) is 19.3. The highest BCUT2D eigenvalue weighted by molar-refractivity contribution is 7.86. The lowest BCUT2D eigenvalue weighted by molar-refractivity contribution is 0.0694. The third-order valence-electron chi connectivity index (χ3n) is 5.48.